The Balaban J connectivity index is 1.78. The maximum Gasteiger partial charge on any atom is 0.309 e. The molecule has 0 heterocycles. The molecular formula is C88H174O4. The molecule has 2 N–H and O–H groups in total. The van der Waals surface area contributed by atoms with Crippen LogP contribution in [0.3, 0.4) is 0 Å². The molecule has 0 spiro atoms. The van der Waals surface area contributed by atoms with Gasteiger partial charge in [-0.2, -0.15) is 0 Å². The number of methoxy groups -OCH3 is 1. The summed E-state index contributed by atoms with van der Waals surface area (Å²) in [4.78, 5) is 12.0. The summed E-state index contributed by atoms with van der Waals surface area (Å²) in [6.07, 6.45) is 103. The molecule has 0 aliphatic heterocycles. The summed E-state index contributed by atoms with van der Waals surface area (Å²) in [7, 11) is 1.96. The van der Waals surface area contributed by atoms with Crippen molar-refractivity contribution in [2.45, 2.75) is 521 Å². The topological polar surface area (TPSA) is 66.8 Å². The summed E-state index contributed by atoms with van der Waals surface area (Å²) in [6, 6.07) is 0. The minimum absolute atomic E-state index is 0.470. The number of carboxylic acid groups (broad SMARTS) is 1. The van der Waals surface area contributed by atoms with E-state index in [1.165, 1.54) is 443 Å². The molecule has 0 unspecified atom stereocenters. The van der Waals surface area contributed by atoms with E-state index in [4.69, 9.17) is 4.74 Å². The van der Waals surface area contributed by atoms with Crippen LogP contribution < -0.4 is 0 Å². The Labute approximate surface area is 580 Å². The number of aliphatic hydroxyl groups excluding tert-OH is 1. The highest BCUT2D eigenvalue weighted by Gasteiger charge is 2.39. The van der Waals surface area contributed by atoms with Crippen LogP contribution >= 0.6 is 0 Å². The highest BCUT2D eigenvalue weighted by molar-refractivity contribution is 5.70. The van der Waals surface area contributed by atoms with Gasteiger partial charge >= 0.3 is 5.97 Å². The van der Waals surface area contributed by atoms with Crippen LogP contribution in [0.5, 0.6) is 0 Å². The Morgan fingerprint density at radius 3 is 0.815 bits per heavy atom. The first kappa shape index (κ1) is 89.4. The van der Waals surface area contributed by atoms with Gasteiger partial charge in [0.25, 0.3) is 0 Å². The first-order valence-electron chi connectivity index (χ1n) is 43.8. The smallest absolute Gasteiger partial charge is 0.309 e. The monoisotopic (exact) mass is 1300 g/mol. The average molecular weight is 1300 g/mol. The van der Waals surface area contributed by atoms with Gasteiger partial charge in [-0.15, -0.1) is 0 Å². The van der Waals surface area contributed by atoms with Crippen molar-refractivity contribution in [3.8, 4) is 0 Å². The van der Waals surface area contributed by atoms with Crippen LogP contribution in [0.15, 0.2) is 0 Å². The largest absolute Gasteiger partial charge is 0.481 e. The van der Waals surface area contributed by atoms with E-state index >= 15 is 0 Å². The predicted octanol–water partition coefficient (Wildman–Crippen LogP) is 30.9. The second kappa shape index (κ2) is 73.1. The van der Waals surface area contributed by atoms with Crippen molar-refractivity contribution in [3.63, 3.8) is 0 Å². The van der Waals surface area contributed by atoms with E-state index in [0.717, 1.165) is 43.4 Å². The van der Waals surface area contributed by atoms with Gasteiger partial charge in [0.1, 0.15) is 0 Å². The molecule has 1 aliphatic rings. The molecule has 0 radical (unpaired) electrons. The molecule has 0 aromatic rings. The third kappa shape index (κ3) is 62.9. The zero-order valence-electron chi connectivity index (χ0n) is 64.3. The molecular weight excluding hydrogens is 1120 g/mol. The van der Waals surface area contributed by atoms with Crippen LogP contribution in [0, 0.1) is 29.6 Å². The van der Waals surface area contributed by atoms with Crippen LogP contribution in [-0.2, 0) is 9.53 Å². The molecule has 0 saturated heterocycles. The van der Waals surface area contributed by atoms with Gasteiger partial charge < -0.3 is 14.9 Å². The van der Waals surface area contributed by atoms with Gasteiger partial charge in [0.2, 0.25) is 0 Å². The number of unbranched alkanes of at least 4 members (excludes halogenated alkanes) is 64. The van der Waals surface area contributed by atoms with Gasteiger partial charge in [-0.05, 0) is 55.8 Å². The number of aliphatic carboxylic acids is 1. The van der Waals surface area contributed by atoms with E-state index < -0.39 is 18.0 Å². The summed E-state index contributed by atoms with van der Waals surface area (Å²) >= 11 is 0. The lowest BCUT2D eigenvalue weighted by Gasteiger charge is -2.22. The maximum absolute atomic E-state index is 12.0. The summed E-state index contributed by atoms with van der Waals surface area (Å²) in [5.41, 5.74) is 0. The highest BCUT2D eigenvalue weighted by Crippen LogP contribution is 2.49. The Kier molecular flexibility index (Phi) is 71.1. The van der Waals surface area contributed by atoms with Gasteiger partial charge in [-0.1, -0.05) is 477 Å². The number of carbonyl (C=O) groups is 1. The predicted molar refractivity (Wildman–Crippen MR) is 411 cm³/mol. The van der Waals surface area contributed by atoms with Crippen molar-refractivity contribution in [1.29, 1.82) is 0 Å². The first-order valence-corrected chi connectivity index (χ1v) is 43.8. The summed E-state index contributed by atoms with van der Waals surface area (Å²) in [6.45, 7) is 9.64. The van der Waals surface area contributed by atoms with Crippen molar-refractivity contribution >= 4 is 5.97 Å². The van der Waals surface area contributed by atoms with E-state index in [1.54, 1.807) is 0 Å². The van der Waals surface area contributed by atoms with Crippen molar-refractivity contribution in [2.75, 3.05) is 7.11 Å². The Morgan fingerprint density at radius 2 is 0.543 bits per heavy atom. The summed E-state index contributed by atoms with van der Waals surface area (Å²) < 4.78 is 5.99. The van der Waals surface area contributed by atoms with E-state index in [9.17, 15) is 15.0 Å². The molecule has 1 saturated carbocycles. The Morgan fingerprint density at radius 1 is 0.315 bits per heavy atom. The quantitative estimate of drug-likeness (QED) is 0.0596. The van der Waals surface area contributed by atoms with Crippen LogP contribution in [0.4, 0.5) is 0 Å². The van der Waals surface area contributed by atoms with Crippen LogP contribution in [0.2, 0.25) is 0 Å². The second-order valence-electron chi connectivity index (χ2n) is 32.0. The zero-order chi connectivity index (χ0) is 66.4. The number of carboxylic acids is 1. The average Bonchev–Trinajstić information content (AvgIpc) is 1.77. The number of hydrogen-bond donors (Lipinski definition) is 2. The molecule has 7 atom stereocenters. The lowest BCUT2D eigenvalue weighted by atomic mass is 9.91. The van der Waals surface area contributed by atoms with Crippen LogP contribution in [0.1, 0.15) is 509 Å². The minimum atomic E-state index is -0.798. The van der Waals surface area contributed by atoms with Gasteiger partial charge in [0.05, 0.1) is 18.1 Å². The van der Waals surface area contributed by atoms with E-state index in [0.29, 0.717) is 24.9 Å². The number of hydrogen-bond acceptors (Lipinski definition) is 3. The number of ether oxygens (including phenoxy) is 1. The standard InChI is InChI=1S/C88H174O4/c1-6-8-10-12-14-16-18-20-22-24-25-26-27-28-29-34-41-47-53-59-65-71-77-84(88(90)91)86(89)78-72-66-60-54-48-42-35-31-30-33-40-46-52-58-64-70-76-83-80-85(83)81(3)74-68-62-56-50-44-38-36-37-43-49-55-61-67-73-79-87(92-5)82(4)75-69-63-57-51-45-39-32-23-21-19-17-15-13-11-9-7-2/h81-87,89H,6-80H2,1-5H3,(H,90,91)/t81-,82-,83-,84+,85+,86+,87-/m0/s1. The fourth-order valence-electron chi connectivity index (χ4n) is 16.2. The van der Waals surface area contributed by atoms with Crippen molar-refractivity contribution in [2.24, 2.45) is 29.6 Å². The van der Waals surface area contributed by atoms with E-state index in [1.807, 2.05) is 7.11 Å². The molecule has 0 bridgehead atoms. The maximum atomic E-state index is 12.0. The lowest BCUT2D eigenvalue weighted by Crippen LogP contribution is -2.28. The Hall–Kier alpha value is -0.610. The molecule has 0 aromatic heterocycles. The van der Waals surface area contributed by atoms with Crippen molar-refractivity contribution in [1.82, 2.24) is 0 Å². The molecule has 1 aliphatic carbocycles. The van der Waals surface area contributed by atoms with Gasteiger partial charge in [0, 0.05) is 7.11 Å². The summed E-state index contributed by atoms with van der Waals surface area (Å²) in [5.74, 6) is 2.42. The fraction of sp³-hybridized carbons (Fsp3) is 0.989. The van der Waals surface area contributed by atoms with Crippen LogP contribution in [-0.4, -0.2) is 35.5 Å². The molecule has 0 amide bonds. The number of rotatable bonds is 81. The first-order chi connectivity index (χ1) is 45.3. The zero-order valence-corrected chi connectivity index (χ0v) is 64.3. The molecule has 1 fully saturated rings. The SMILES string of the molecule is CCCCCCCCCCCCCCCCCCCCCCCC[C@@H](C(=O)O)[C@H](O)CCCCCCCCCCCCCCCCCC[C@H]1C[C@@H]1[C@@H](C)CCCCCCCCCCCCCCCC[C@H](OC)[C@@H](C)CCCCCCCCCCCCCCCCCC. The van der Waals surface area contributed by atoms with E-state index in [2.05, 4.69) is 27.7 Å². The summed E-state index contributed by atoms with van der Waals surface area (Å²) in [5, 5.41) is 20.6. The van der Waals surface area contributed by atoms with Gasteiger partial charge in [0.15, 0.2) is 0 Å². The molecule has 92 heavy (non-hydrogen) atoms. The number of aliphatic hydroxyl groups is 1. The molecule has 4 nitrogen and oxygen atoms in total. The molecule has 0 aromatic carbocycles. The van der Waals surface area contributed by atoms with Gasteiger partial charge in [-0.25, -0.2) is 0 Å². The highest BCUT2D eigenvalue weighted by atomic mass is 16.5. The molecule has 4 heteroatoms. The normalized spacial score (nSPS) is 15.8. The lowest BCUT2D eigenvalue weighted by molar-refractivity contribution is -0.146. The van der Waals surface area contributed by atoms with Crippen LogP contribution in [0.25, 0.3) is 0 Å². The van der Waals surface area contributed by atoms with E-state index in [-0.39, 0.29) is 0 Å². The fourth-order valence-corrected chi connectivity index (χ4v) is 16.2. The minimum Gasteiger partial charge on any atom is -0.481 e. The van der Waals surface area contributed by atoms with Crippen molar-refractivity contribution in [3.05, 3.63) is 0 Å². The van der Waals surface area contributed by atoms with Gasteiger partial charge in [-0.3, -0.25) is 4.79 Å². The molecule has 550 valence electrons. The third-order valence-electron chi connectivity index (χ3n) is 23.0. The molecule has 1 rings (SSSR count). The third-order valence-corrected chi connectivity index (χ3v) is 23.0. The second-order valence-corrected chi connectivity index (χ2v) is 32.0. The van der Waals surface area contributed by atoms with Crippen molar-refractivity contribution < 1.29 is 19.7 Å². The Bertz CT molecular complexity index is 1400.